The number of nitrogens with zero attached hydrogens (tertiary/aromatic N) is 1. The lowest BCUT2D eigenvalue weighted by molar-refractivity contribution is -0.118. The minimum Gasteiger partial charge on any atom is -0.483 e. The largest absolute Gasteiger partial charge is 0.483 e. The van der Waals surface area contributed by atoms with Gasteiger partial charge >= 0.3 is 0 Å². The van der Waals surface area contributed by atoms with E-state index in [4.69, 9.17) is 9.47 Å². The molecule has 0 bridgehead atoms. The van der Waals surface area contributed by atoms with Crippen molar-refractivity contribution in [2.24, 2.45) is 0 Å². The summed E-state index contributed by atoms with van der Waals surface area (Å²) >= 11 is 0.834. The van der Waals surface area contributed by atoms with Gasteiger partial charge in [-0.15, -0.1) is 0 Å². The lowest BCUT2D eigenvalue weighted by atomic mass is 10.0. The first-order valence-electron chi connectivity index (χ1n) is 8.41. The minimum atomic E-state index is -1.60. The molecule has 5 nitrogen and oxygen atoms in total. The van der Waals surface area contributed by atoms with Gasteiger partial charge in [0.15, 0.2) is 40.7 Å². The van der Waals surface area contributed by atoms with Crippen molar-refractivity contribution in [3.63, 3.8) is 0 Å². The molecule has 2 aromatic carbocycles. The maximum Gasteiger partial charge on any atom is 0.264 e. The summed E-state index contributed by atoms with van der Waals surface area (Å²) in [5.41, 5.74) is 0.310. The molecule has 0 aliphatic carbocycles. The number of nitrogens with one attached hydrogen (secondary N) is 1. The predicted molar refractivity (Wildman–Crippen MR) is 98.5 cm³/mol. The lowest BCUT2D eigenvalue weighted by Gasteiger charge is -2.18. The van der Waals surface area contributed by atoms with E-state index < -0.39 is 23.4 Å². The number of fused-ring (bicyclic) bond motifs is 2. The van der Waals surface area contributed by atoms with Crippen LogP contribution in [0.2, 0.25) is 0 Å². The zero-order valence-electron chi connectivity index (χ0n) is 14.9. The lowest BCUT2D eigenvalue weighted by Crippen LogP contribution is -2.25. The number of carbonyl (C=O) groups is 1. The monoisotopic (exact) mass is 408 g/mol. The van der Waals surface area contributed by atoms with Crippen LogP contribution in [0.4, 0.5) is 18.3 Å². The van der Waals surface area contributed by atoms with Gasteiger partial charge in [-0.05, 0) is 26.0 Å². The van der Waals surface area contributed by atoms with Gasteiger partial charge in [0.1, 0.15) is 11.1 Å². The molecule has 28 heavy (non-hydrogen) atoms. The van der Waals surface area contributed by atoms with Gasteiger partial charge in [-0.2, -0.15) is 0 Å². The molecule has 0 fully saturated rings. The van der Waals surface area contributed by atoms with Gasteiger partial charge in [0.25, 0.3) is 5.91 Å². The number of rotatable bonds is 4. The van der Waals surface area contributed by atoms with Crippen molar-refractivity contribution in [1.82, 2.24) is 4.98 Å². The Morgan fingerprint density at radius 2 is 2.11 bits per heavy atom. The molecule has 0 atom stereocenters. The van der Waals surface area contributed by atoms with Crippen LogP contribution >= 0.6 is 11.3 Å². The van der Waals surface area contributed by atoms with Gasteiger partial charge < -0.3 is 9.47 Å². The quantitative estimate of drug-likeness (QED) is 0.649. The highest BCUT2D eigenvalue weighted by Gasteiger charge is 2.32. The molecule has 1 aliphatic heterocycles. The van der Waals surface area contributed by atoms with Crippen molar-refractivity contribution in [2.75, 3.05) is 11.9 Å². The fourth-order valence-corrected chi connectivity index (χ4v) is 3.93. The number of carbonyl (C=O) groups excluding carboxylic acids is 1. The van der Waals surface area contributed by atoms with E-state index in [2.05, 4.69) is 10.3 Å². The first-order valence-corrected chi connectivity index (χ1v) is 9.23. The van der Waals surface area contributed by atoms with Crippen molar-refractivity contribution >= 4 is 32.6 Å². The van der Waals surface area contributed by atoms with E-state index in [1.807, 2.05) is 26.0 Å². The minimum absolute atomic E-state index is 0.0168. The van der Waals surface area contributed by atoms with E-state index in [0.29, 0.717) is 11.5 Å². The van der Waals surface area contributed by atoms with Crippen LogP contribution in [-0.2, 0) is 11.2 Å². The summed E-state index contributed by atoms with van der Waals surface area (Å²) in [6, 6.07) is 6.29. The molecular weight excluding hydrogens is 393 g/mol. The molecule has 1 aromatic heterocycles. The summed E-state index contributed by atoms with van der Waals surface area (Å²) in [6.07, 6.45) is 0.732. The Labute approximate surface area is 162 Å². The van der Waals surface area contributed by atoms with E-state index in [-0.39, 0.29) is 27.6 Å². The van der Waals surface area contributed by atoms with Gasteiger partial charge in [-0.25, -0.2) is 18.2 Å². The average molecular weight is 408 g/mol. The van der Waals surface area contributed by atoms with Crippen LogP contribution in [-0.4, -0.2) is 23.1 Å². The first-order chi connectivity index (χ1) is 13.2. The van der Waals surface area contributed by atoms with E-state index >= 15 is 0 Å². The maximum atomic E-state index is 13.7. The third-order valence-electron chi connectivity index (χ3n) is 4.18. The number of hydrogen-bond donors (Lipinski definition) is 1. The molecule has 1 amide bonds. The highest BCUT2D eigenvalue weighted by Crippen LogP contribution is 2.41. The zero-order chi connectivity index (χ0) is 20.1. The molecule has 0 unspecified atom stereocenters. The first kappa shape index (κ1) is 18.5. The number of halogens is 3. The second kappa shape index (κ2) is 6.66. The van der Waals surface area contributed by atoms with Crippen molar-refractivity contribution < 1.29 is 27.4 Å². The number of thiazole rings is 1. The Balaban J connectivity index is 1.46. The van der Waals surface area contributed by atoms with Crippen molar-refractivity contribution in [3.8, 4) is 11.5 Å². The van der Waals surface area contributed by atoms with Crippen LogP contribution in [0.5, 0.6) is 11.5 Å². The molecule has 146 valence electrons. The molecule has 0 spiro atoms. The Morgan fingerprint density at radius 1 is 1.32 bits per heavy atom. The SMILES string of the molecule is CC1(C)Cc2cccc(OCC(=O)Nc3nc4c(F)c(F)c(F)cc4s3)c2O1. The Hall–Kier alpha value is -2.81. The normalized spacial score (nSPS) is 14.6. The highest BCUT2D eigenvalue weighted by atomic mass is 32.1. The Morgan fingerprint density at radius 3 is 2.89 bits per heavy atom. The number of para-hydroxylation sites is 1. The van der Waals surface area contributed by atoms with E-state index in [9.17, 15) is 18.0 Å². The fourth-order valence-electron chi connectivity index (χ4n) is 3.03. The Kier molecular flexibility index (Phi) is 4.41. The molecule has 9 heteroatoms. The number of aromatic nitrogens is 1. The second-order valence-corrected chi connectivity index (χ2v) is 8.00. The van der Waals surface area contributed by atoms with Crippen molar-refractivity contribution in [1.29, 1.82) is 0 Å². The molecule has 0 saturated heterocycles. The Bertz CT molecular complexity index is 1100. The molecule has 3 aromatic rings. The van der Waals surface area contributed by atoms with Crippen LogP contribution < -0.4 is 14.8 Å². The van der Waals surface area contributed by atoms with E-state index in [0.717, 1.165) is 29.4 Å². The number of ether oxygens (including phenoxy) is 2. The van der Waals surface area contributed by atoms with Crippen LogP contribution in [0, 0.1) is 17.5 Å². The standard InChI is InChI=1S/C19H15F3N2O3S/c1-19(2)7-9-4-3-5-11(17(9)27-19)26-8-13(25)23-18-24-16-12(28-18)6-10(20)14(21)15(16)22/h3-6H,7-8H2,1-2H3,(H,23,24,25). The van der Waals surface area contributed by atoms with Gasteiger partial charge in [0.2, 0.25) is 0 Å². The van der Waals surface area contributed by atoms with Gasteiger partial charge in [-0.1, -0.05) is 23.5 Å². The number of anilines is 1. The van der Waals surface area contributed by atoms with Gasteiger partial charge in [0.05, 0.1) is 4.70 Å². The molecule has 1 N–H and O–H groups in total. The summed E-state index contributed by atoms with van der Waals surface area (Å²) in [7, 11) is 0. The van der Waals surface area contributed by atoms with E-state index in [1.54, 1.807) is 6.07 Å². The van der Waals surface area contributed by atoms with Crippen LogP contribution in [0.3, 0.4) is 0 Å². The summed E-state index contributed by atoms with van der Waals surface area (Å²) in [4.78, 5) is 16.0. The topological polar surface area (TPSA) is 60.5 Å². The summed E-state index contributed by atoms with van der Waals surface area (Å²) in [5, 5.41) is 2.46. The maximum absolute atomic E-state index is 13.7. The second-order valence-electron chi connectivity index (χ2n) is 6.97. The van der Waals surface area contributed by atoms with Crippen LogP contribution in [0.25, 0.3) is 10.2 Å². The molecule has 1 aliphatic rings. The summed E-state index contributed by atoms with van der Waals surface area (Å²) < 4.78 is 51.9. The van der Waals surface area contributed by atoms with Gasteiger partial charge in [0, 0.05) is 12.0 Å². The zero-order valence-corrected chi connectivity index (χ0v) is 15.8. The fraction of sp³-hybridized carbons (Fsp3) is 0.263. The third-order valence-corrected chi connectivity index (χ3v) is 5.10. The number of benzene rings is 2. The molecular formula is C19H15F3N2O3S. The van der Waals surface area contributed by atoms with Crippen molar-refractivity contribution in [2.45, 2.75) is 25.9 Å². The van der Waals surface area contributed by atoms with Crippen LogP contribution in [0.1, 0.15) is 19.4 Å². The summed E-state index contributed by atoms with van der Waals surface area (Å²) in [5.74, 6) is -3.79. The third kappa shape index (κ3) is 3.37. The van der Waals surface area contributed by atoms with Crippen molar-refractivity contribution in [3.05, 3.63) is 47.3 Å². The number of amides is 1. The van der Waals surface area contributed by atoms with E-state index in [1.165, 1.54) is 0 Å². The average Bonchev–Trinajstić information content (AvgIpc) is 3.16. The summed E-state index contributed by atoms with van der Waals surface area (Å²) in [6.45, 7) is 3.59. The molecule has 4 rings (SSSR count). The van der Waals surface area contributed by atoms with Gasteiger partial charge in [-0.3, -0.25) is 10.1 Å². The molecule has 2 heterocycles. The number of hydrogen-bond acceptors (Lipinski definition) is 5. The predicted octanol–water partition coefficient (Wildman–Crippen LogP) is 4.44. The highest BCUT2D eigenvalue weighted by molar-refractivity contribution is 7.22. The smallest absolute Gasteiger partial charge is 0.264 e. The molecule has 0 radical (unpaired) electrons. The van der Waals surface area contributed by atoms with Crippen LogP contribution in [0.15, 0.2) is 24.3 Å². The molecule has 0 saturated carbocycles.